The zero-order valence-electron chi connectivity index (χ0n) is 11.6. The highest BCUT2D eigenvalue weighted by Crippen LogP contribution is 2.30. The van der Waals surface area contributed by atoms with Crippen molar-refractivity contribution in [3.05, 3.63) is 68.8 Å². The van der Waals surface area contributed by atoms with Crippen molar-refractivity contribution in [2.75, 3.05) is 0 Å². The second-order valence-corrected chi connectivity index (χ2v) is 5.96. The normalized spacial score (nSPS) is 12.8. The fourth-order valence-corrected chi connectivity index (χ4v) is 2.62. The molecule has 0 aliphatic carbocycles. The first-order chi connectivity index (χ1) is 10.3. The van der Waals surface area contributed by atoms with Crippen molar-refractivity contribution in [3.8, 4) is 0 Å². The molecule has 116 valence electrons. The Balaban J connectivity index is 2.18. The molecule has 22 heavy (non-hydrogen) atoms. The Morgan fingerprint density at radius 3 is 2.45 bits per heavy atom. The average Bonchev–Trinajstić information content (AvgIpc) is 2.46. The van der Waals surface area contributed by atoms with Crippen LogP contribution in [0.1, 0.15) is 34.5 Å². The van der Waals surface area contributed by atoms with Crippen molar-refractivity contribution in [1.82, 2.24) is 5.32 Å². The number of nitrogens with one attached hydrogen (secondary N) is 1. The van der Waals surface area contributed by atoms with E-state index in [9.17, 15) is 18.0 Å². The van der Waals surface area contributed by atoms with Crippen LogP contribution in [-0.2, 0) is 6.18 Å². The van der Waals surface area contributed by atoms with E-state index in [4.69, 9.17) is 0 Å². The minimum atomic E-state index is -4.39. The molecule has 0 radical (unpaired) electrons. The van der Waals surface area contributed by atoms with Crippen LogP contribution in [0.5, 0.6) is 0 Å². The molecular weight excluding hydrogens is 406 g/mol. The number of carbonyl (C=O) groups is 1. The lowest BCUT2D eigenvalue weighted by molar-refractivity contribution is -0.137. The Morgan fingerprint density at radius 1 is 1.14 bits per heavy atom. The fourth-order valence-electron chi connectivity index (χ4n) is 1.99. The van der Waals surface area contributed by atoms with Crippen LogP contribution in [0.4, 0.5) is 13.2 Å². The number of amides is 1. The number of alkyl halides is 3. The second kappa shape index (κ2) is 6.68. The van der Waals surface area contributed by atoms with Gasteiger partial charge in [-0.2, -0.15) is 13.2 Å². The van der Waals surface area contributed by atoms with Gasteiger partial charge in [-0.15, -0.1) is 0 Å². The van der Waals surface area contributed by atoms with Crippen molar-refractivity contribution in [1.29, 1.82) is 0 Å². The quantitative estimate of drug-likeness (QED) is 0.712. The first-order valence-corrected chi connectivity index (χ1v) is 7.59. The maximum atomic E-state index is 12.7. The predicted molar refractivity (Wildman–Crippen MR) is 86.5 cm³/mol. The molecule has 1 unspecified atom stereocenters. The standard InChI is InChI=1S/C16H13F3INO/c1-10(11-5-4-6-12(9-11)16(17,18)19)21-15(22)13-7-2-3-8-14(13)20/h2-10H,1H3,(H,21,22). The van der Waals surface area contributed by atoms with Gasteiger partial charge in [0.2, 0.25) is 0 Å². The molecule has 2 rings (SSSR count). The molecule has 0 spiro atoms. The van der Waals surface area contributed by atoms with Crippen LogP contribution in [0, 0.1) is 3.57 Å². The number of hydrogen-bond donors (Lipinski definition) is 1. The van der Waals surface area contributed by atoms with Gasteiger partial charge >= 0.3 is 6.18 Å². The first-order valence-electron chi connectivity index (χ1n) is 6.51. The Morgan fingerprint density at radius 2 is 1.82 bits per heavy atom. The monoisotopic (exact) mass is 419 g/mol. The molecule has 1 amide bonds. The van der Waals surface area contributed by atoms with Crippen molar-refractivity contribution >= 4 is 28.5 Å². The van der Waals surface area contributed by atoms with Crippen molar-refractivity contribution in [3.63, 3.8) is 0 Å². The zero-order chi connectivity index (χ0) is 16.3. The molecule has 1 N–H and O–H groups in total. The van der Waals surface area contributed by atoms with E-state index >= 15 is 0 Å². The minimum absolute atomic E-state index is 0.310. The van der Waals surface area contributed by atoms with Gasteiger partial charge in [-0.25, -0.2) is 0 Å². The summed E-state index contributed by atoms with van der Waals surface area (Å²) in [7, 11) is 0. The number of rotatable bonds is 3. The SMILES string of the molecule is CC(NC(=O)c1ccccc1I)c1cccc(C(F)(F)F)c1. The Bertz CT molecular complexity index is 685. The van der Waals surface area contributed by atoms with E-state index in [1.54, 1.807) is 31.2 Å². The molecule has 6 heteroatoms. The summed E-state index contributed by atoms with van der Waals surface area (Å²) in [6.07, 6.45) is -4.39. The highest BCUT2D eigenvalue weighted by molar-refractivity contribution is 14.1. The summed E-state index contributed by atoms with van der Waals surface area (Å²) in [6.45, 7) is 1.66. The van der Waals surface area contributed by atoms with Crippen LogP contribution in [0.25, 0.3) is 0 Å². The van der Waals surface area contributed by atoms with Crippen molar-refractivity contribution in [2.45, 2.75) is 19.1 Å². The summed E-state index contributed by atoms with van der Waals surface area (Å²) < 4.78 is 39.0. The smallest absolute Gasteiger partial charge is 0.345 e. The van der Waals surface area contributed by atoms with E-state index in [1.165, 1.54) is 6.07 Å². The third-order valence-electron chi connectivity index (χ3n) is 3.18. The summed E-state index contributed by atoms with van der Waals surface area (Å²) in [4.78, 5) is 12.2. The Hall–Kier alpha value is -1.57. The summed E-state index contributed by atoms with van der Waals surface area (Å²) in [5, 5.41) is 2.72. The summed E-state index contributed by atoms with van der Waals surface area (Å²) >= 11 is 2.04. The van der Waals surface area contributed by atoms with Crippen LogP contribution in [0.3, 0.4) is 0 Å². The third kappa shape index (κ3) is 4.00. The largest absolute Gasteiger partial charge is 0.416 e. The predicted octanol–water partition coefficient (Wildman–Crippen LogP) is 4.80. The van der Waals surface area contributed by atoms with E-state index in [0.29, 0.717) is 11.1 Å². The summed E-state index contributed by atoms with van der Waals surface area (Å²) in [6, 6.07) is 11.5. The molecule has 0 saturated heterocycles. The highest BCUT2D eigenvalue weighted by Gasteiger charge is 2.30. The lowest BCUT2D eigenvalue weighted by Gasteiger charge is -2.16. The molecule has 2 aromatic carbocycles. The van der Waals surface area contributed by atoms with Gasteiger partial charge in [0, 0.05) is 3.57 Å². The van der Waals surface area contributed by atoms with Gasteiger partial charge in [-0.1, -0.05) is 24.3 Å². The molecule has 0 saturated carbocycles. The van der Waals surface area contributed by atoms with Crippen LogP contribution < -0.4 is 5.32 Å². The van der Waals surface area contributed by atoms with Gasteiger partial charge in [0.15, 0.2) is 0 Å². The number of carbonyl (C=O) groups excluding carboxylic acids is 1. The molecule has 1 atom stereocenters. The van der Waals surface area contributed by atoms with E-state index in [1.807, 2.05) is 28.7 Å². The maximum Gasteiger partial charge on any atom is 0.416 e. The van der Waals surface area contributed by atoms with Gasteiger partial charge in [-0.3, -0.25) is 4.79 Å². The number of halogens is 4. The van der Waals surface area contributed by atoms with E-state index in [2.05, 4.69) is 5.32 Å². The van der Waals surface area contributed by atoms with Crippen LogP contribution >= 0.6 is 22.6 Å². The van der Waals surface area contributed by atoms with E-state index in [0.717, 1.165) is 15.7 Å². The fraction of sp³-hybridized carbons (Fsp3) is 0.188. The topological polar surface area (TPSA) is 29.1 Å². The van der Waals surface area contributed by atoms with Crippen LogP contribution in [0.2, 0.25) is 0 Å². The maximum absolute atomic E-state index is 12.7. The molecule has 2 nitrogen and oxygen atoms in total. The Labute approximate surface area is 139 Å². The molecule has 2 aromatic rings. The molecular formula is C16H13F3INO. The first kappa shape index (κ1) is 16.8. The van der Waals surface area contributed by atoms with Gasteiger partial charge < -0.3 is 5.32 Å². The molecule has 0 aromatic heterocycles. The highest BCUT2D eigenvalue weighted by atomic mass is 127. The summed E-state index contributed by atoms with van der Waals surface area (Å²) in [5.74, 6) is -0.310. The molecule has 0 heterocycles. The van der Waals surface area contributed by atoms with E-state index < -0.39 is 17.8 Å². The Kier molecular flexibility index (Phi) is 5.10. The molecule has 0 fully saturated rings. The zero-order valence-corrected chi connectivity index (χ0v) is 13.8. The number of hydrogen-bond acceptors (Lipinski definition) is 1. The minimum Gasteiger partial charge on any atom is -0.345 e. The lowest BCUT2D eigenvalue weighted by Crippen LogP contribution is -2.27. The third-order valence-corrected chi connectivity index (χ3v) is 4.12. The van der Waals surface area contributed by atoms with E-state index in [-0.39, 0.29) is 5.91 Å². The van der Waals surface area contributed by atoms with Crippen molar-refractivity contribution < 1.29 is 18.0 Å². The van der Waals surface area contributed by atoms with Crippen LogP contribution in [-0.4, -0.2) is 5.91 Å². The molecule has 0 aliphatic rings. The molecule has 0 aliphatic heterocycles. The average molecular weight is 419 g/mol. The summed E-state index contributed by atoms with van der Waals surface area (Å²) in [5.41, 5.74) is 0.191. The number of benzene rings is 2. The van der Waals surface area contributed by atoms with Crippen LogP contribution in [0.15, 0.2) is 48.5 Å². The van der Waals surface area contributed by atoms with Gasteiger partial charge in [0.1, 0.15) is 0 Å². The molecule has 0 bridgehead atoms. The van der Waals surface area contributed by atoms with Gasteiger partial charge in [-0.05, 0) is 59.3 Å². The second-order valence-electron chi connectivity index (χ2n) is 4.80. The van der Waals surface area contributed by atoms with Gasteiger partial charge in [0.25, 0.3) is 5.91 Å². The van der Waals surface area contributed by atoms with Gasteiger partial charge in [0.05, 0.1) is 17.2 Å². The van der Waals surface area contributed by atoms with Crippen molar-refractivity contribution in [2.24, 2.45) is 0 Å². The lowest BCUT2D eigenvalue weighted by atomic mass is 10.0.